The van der Waals surface area contributed by atoms with E-state index in [1.807, 2.05) is 0 Å². The average Bonchev–Trinajstić information content (AvgIpc) is 2.75. The second-order valence-electron chi connectivity index (χ2n) is 7.96. The van der Waals surface area contributed by atoms with E-state index in [0.717, 1.165) is 5.56 Å². The molecule has 7 nitrogen and oxygen atoms in total. The Morgan fingerprint density at radius 2 is 1.91 bits per heavy atom. The molecule has 1 amide bonds. The summed E-state index contributed by atoms with van der Waals surface area (Å²) in [5, 5.41) is 3.82. The minimum absolute atomic E-state index is 0.102. The zero-order chi connectivity index (χ0) is 22.8. The van der Waals surface area contributed by atoms with E-state index in [0.29, 0.717) is 33.7 Å². The van der Waals surface area contributed by atoms with Crippen molar-refractivity contribution >= 4 is 40.0 Å². The molecule has 0 spiro atoms. The molecule has 0 saturated heterocycles. The molecule has 0 bridgehead atoms. The van der Waals surface area contributed by atoms with Crippen molar-refractivity contribution in [3.63, 3.8) is 0 Å². The molecule has 1 aromatic heterocycles. The number of benzene rings is 2. The minimum atomic E-state index is -0.690. The number of Topliss-reactive ketones (excluding diaryl/α,β-unsaturated/α-hetero) is 2. The highest BCUT2D eigenvalue weighted by Gasteiger charge is 2.31. The normalized spacial score (nSPS) is 16.4. The van der Waals surface area contributed by atoms with E-state index in [1.54, 1.807) is 49.4 Å². The lowest BCUT2D eigenvalue weighted by atomic mass is 9.92. The number of hydrogen-bond donors (Lipinski definition) is 1. The van der Waals surface area contributed by atoms with Gasteiger partial charge in [0.25, 0.3) is 5.56 Å². The van der Waals surface area contributed by atoms with Gasteiger partial charge in [-0.25, -0.2) is 4.98 Å². The predicted octanol–water partition coefficient (Wildman–Crippen LogP) is 3.08. The molecule has 1 heterocycles. The summed E-state index contributed by atoms with van der Waals surface area (Å²) in [5.41, 5.74) is 1.63. The van der Waals surface area contributed by atoms with Crippen LogP contribution in [0.15, 0.2) is 47.3 Å². The van der Waals surface area contributed by atoms with Crippen molar-refractivity contribution in [3.8, 4) is 0 Å². The first kappa shape index (κ1) is 21.9. The van der Waals surface area contributed by atoms with E-state index < -0.39 is 6.04 Å². The van der Waals surface area contributed by atoms with Crippen LogP contribution >= 0.6 is 11.6 Å². The fraction of sp³-hybridized carbons (Fsp3) is 0.292. The molecule has 164 valence electrons. The van der Waals surface area contributed by atoms with Gasteiger partial charge in [0.2, 0.25) is 5.91 Å². The lowest BCUT2D eigenvalue weighted by Crippen LogP contribution is -2.36. The number of ketones is 2. The van der Waals surface area contributed by atoms with Crippen molar-refractivity contribution in [1.82, 2.24) is 14.9 Å². The van der Waals surface area contributed by atoms with Crippen molar-refractivity contribution in [2.45, 2.75) is 45.2 Å². The summed E-state index contributed by atoms with van der Waals surface area (Å²) >= 11 is 5.88. The Bertz CT molecular complexity index is 1280. The lowest BCUT2D eigenvalue weighted by molar-refractivity contribution is -0.132. The van der Waals surface area contributed by atoms with Gasteiger partial charge < -0.3 is 5.32 Å². The molecule has 1 N–H and O–H groups in total. The number of nitrogens with one attached hydrogen (secondary N) is 1. The molecule has 2 aromatic carbocycles. The quantitative estimate of drug-likeness (QED) is 0.601. The van der Waals surface area contributed by atoms with Gasteiger partial charge in [-0.2, -0.15) is 0 Å². The van der Waals surface area contributed by atoms with Crippen LogP contribution in [0.3, 0.4) is 0 Å². The maximum Gasteiger partial charge on any atom is 0.262 e. The van der Waals surface area contributed by atoms with Crippen LogP contribution in [0.5, 0.6) is 0 Å². The third kappa shape index (κ3) is 4.48. The average molecular weight is 452 g/mol. The predicted molar refractivity (Wildman–Crippen MR) is 121 cm³/mol. The summed E-state index contributed by atoms with van der Waals surface area (Å²) in [7, 11) is 0. The molecule has 0 aliphatic heterocycles. The molecule has 4 rings (SSSR count). The highest BCUT2D eigenvalue weighted by molar-refractivity contribution is 6.30. The van der Waals surface area contributed by atoms with Gasteiger partial charge in [0, 0.05) is 18.0 Å². The number of nitrogens with zero attached hydrogens (tertiary/aromatic N) is 2. The third-order valence-electron chi connectivity index (χ3n) is 5.70. The Hall–Kier alpha value is -3.32. The fourth-order valence-corrected chi connectivity index (χ4v) is 4.24. The van der Waals surface area contributed by atoms with Gasteiger partial charge in [-0.05, 0) is 42.7 Å². The zero-order valence-electron chi connectivity index (χ0n) is 17.6. The second-order valence-corrected chi connectivity index (χ2v) is 8.40. The van der Waals surface area contributed by atoms with Crippen molar-refractivity contribution in [2.75, 3.05) is 0 Å². The Morgan fingerprint density at radius 1 is 1.16 bits per heavy atom. The van der Waals surface area contributed by atoms with E-state index in [1.165, 1.54) is 4.57 Å². The van der Waals surface area contributed by atoms with Crippen molar-refractivity contribution < 1.29 is 14.4 Å². The number of rotatable bonds is 5. The number of carbonyl (C=O) groups excluding carboxylic acids is 3. The number of amides is 1. The molecular formula is C24H22ClN3O4. The van der Waals surface area contributed by atoms with Crippen LogP contribution in [0, 0.1) is 6.92 Å². The first-order chi connectivity index (χ1) is 15.3. The summed E-state index contributed by atoms with van der Waals surface area (Å²) < 4.78 is 1.40. The van der Waals surface area contributed by atoms with E-state index >= 15 is 0 Å². The molecule has 3 aromatic rings. The summed E-state index contributed by atoms with van der Waals surface area (Å²) in [5.74, 6) is -0.124. The molecule has 1 fully saturated rings. The Balaban J connectivity index is 1.61. The van der Waals surface area contributed by atoms with Crippen molar-refractivity contribution in [3.05, 3.63) is 74.8 Å². The minimum Gasteiger partial charge on any atom is -0.352 e. The van der Waals surface area contributed by atoms with Crippen LogP contribution in [0.2, 0.25) is 5.02 Å². The molecule has 0 radical (unpaired) electrons. The topological polar surface area (TPSA) is 98.1 Å². The van der Waals surface area contributed by atoms with E-state index in [-0.39, 0.29) is 48.8 Å². The van der Waals surface area contributed by atoms with Gasteiger partial charge in [-0.3, -0.25) is 23.7 Å². The zero-order valence-corrected chi connectivity index (χ0v) is 18.3. The highest BCUT2D eigenvalue weighted by Crippen LogP contribution is 2.24. The number of hydrogen-bond acceptors (Lipinski definition) is 5. The number of aryl methyl sites for hydroxylation is 1. The van der Waals surface area contributed by atoms with Crippen LogP contribution in [0.1, 0.15) is 42.3 Å². The molecule has 1 saturated carbocycles. The first-order valence-electron chi connectivity index (χ1n) is 10.4. The fourth-order valence-electron chi connectivity index (χ4n) is 4.11. The van der Waals surface area contributed by atoms with Gasteiger partial charge in [-0.1, -0.05) is 35.9 Å². The van der Waals surface area contributed by atoms with Gasteiger partial charge in [0.05, 0.1) is 29.8 Å². The largest absolute Gasteiger partial charge is 0.352 e. The standard InChI is InChI=1S/C24H22ClN3O4/c1-14-27-19-4-2-3-16(13-26-22(31)11-15-5-7-17(25)8-6-15)23(19)24(32)28(14)20-10-9-18(29)12-21(20)30/h2-8,20H,9-13H2,1H3,(H,26,31). The van der Waals surface area contributed by atoms with Crippen LogP contribution in [-0.2, 0) is 27.3 Å². The van der Waals surface area contributed by atoms with Crippen molar-refractivity contribution in [1.29, 1.82) is 0 Å². The molecule has 8 heteroatoms. The van der Waals surface area contributed by atoms with Gasteiger partial charge in [-0.15, -0.1) is 0 Å². The highest BCUT2D eigenvalue weighted by atomic mass is 35.5. The van der Waals surface area contributed by atoms with Gasteiger partial charge in [0.1, 0.15) is 11.6 Å². The van der Waals surface area contributed by atoms with Gasteiger partial charge in [0.15, 0.2) is 5.78 Å². The SMILES string of the molecule is Cc1nc2cccc(CNC(=O)Cc3ccc(Cl)cc3)c2c(=O)n1C1CCC(=O)CC1=O. The Kier molecular flexibility index (Phi) is 6.19. The molecule has 1 atom stereocenters. The molecule has 32 heavy (non-hydrogen) atoms. The lowest BCUT2D eigenvalue weighted by Gasteiger charge is -2.24. The van der Waals surface area contributed by atoms with E-state index in [4.69, 9.17) is 11.6 Å². The third-order valence-corrected chi connectivity index (χ3v) is 5.95. The summed E-state index contributed by atoms with van der Waals surface area (Å²) in [6.07, 6.45) is 0.597. The second kappa shape index (κ2) is 9.04. The molecular weight excluding hydrogens is 430 g/mol. The maximum absolute atomic E-state index is 13.4. The molecule has 1 unspecified atom stereocenters. The summed E-state index contributed by atoms with van der Waals surface area (Å²) in [6, 6.07) is 11.6. The summed E-state index contributed by atoms with van der Waals surface area (Å²) in [4.78, 5) is 54.4. The van der Waals surface area contributed by atoms with Crippen LogP contribution in [0.4, 0.5) is 0 Å². The van der Waals surface area contributed by atoms with Crippen molar-refractivity contribution in [2.24, 2.45) is 0 Å². The summed E-state index contributed by atoms with van der Waals surface area (Å²) in [6.45, 7) is 1.84. The Morgan fingerprint density at radius 3 is 2.62 bits per heavy atom. The Labute approximate surface area is 189 Å². The molecule has 1 aliphatic carbocycles. The molecule has 1 aliphatic rings. The van der Waals surface area contributed by atoms with Crippen LogP contribution in [0.25, 0.3) is 10.9 Å². The van der Waals surface area contributed by atoms with Crippen LogP contribution < -0.4 is 10.9 Å². The number of carbonyl (C=O) groups is 3. The number of aromatic nitrogens is 2. The van der Waals surface area contributed by atoms with Gasteiger partial charge >= 0.3 is 0 Å². The first-order valence-corrected chi connectivity index (χ1v) is 10.8. The van der Waals surface area contributed by atoms with E-state index in [2.05, 4.69) is 10.3 Å². The smallest absolute Gasteiger partial charge is 0.262 e. The van der Waals surface area contributed by atoms with Crippen LogP contribution in [-0.4, -0.2) is 27.0 Å². The van der Waals surface area contributed by atoms with E-state index in [9.17, 15) is 19.2 Å². The monoisotopic (exact) mass is 451 g/mol. The maximum atomic E-state index is 13.4. The number of fused-ring (bicyclic) bond motifs is 1. The number of halogens is 1.